The topological polar surface area (TPSA) is 50.8 Å². The zero-order valence-corrected chi connectivity index (χ0v) is 16.1. The van der Waals surface area contributed by atoms with E-state index in [2.05, 4.69) is 34.5 Å². The normalized spacial score (nSPS) is 15.8. The lowest BCUT2D eigenvalue weighted by Crippen LogP contribution is -2.40. The van der Waals surface area contributed by atoms with Crippen LogP contribution in [0.2, 0.25) is 0 Å². The predicted molar refractivity (Wildman–Crippen MR) is 106 cm³/mol. The molecule has 1 aliphatic rings. The lowest BCUT2D eigenvalue weighted by molar-refractivity contribution is 0.0918. The van der Waals surface area contributed by atoms with Crippen LogP contribution in [0.15, 0.2) is 48.5 Å². The number of piperidine rings is 1. The van der Waals surface area contributed by atoms with Crippen LogP contribution >= 0.6 is 0 Å². The summed E-state index contributed by atoms with van der Waals surface area (Å²) in [4.78, 5) is 15.4. The van der Waals surface area contributed by atoms with E-state index in [0.29, 0.717) is 23.6 Å². The molecular weight excluding hydrogens is 340 g/mol. The van der Waals surface area contributed by atoms with Crippen molar-refractivity contribution in [3.05, 3.63) is 59.7 Å². The molecule has 0 saturated carbocycles. The van der Waals surface area contributed by atoms with Crippen LogP contribution in [0.4, 0.5) is 0 Å². The summed E-state index contributed by atoms with van der Waals surface area (Å²) in [7, 11) is 3.12. The molecular formula is C22H28N2O3. The minimum atomic E-state index is -0.178. The maximum atomic E-state index is 12.9. The Bertz CT molecular complexity index is 720. The molecule has 0 bridgehead atoms. The monoisotopic (exact) mass is 368 g/mol. The van der Waals surface area contributed by atoms with Gasteiger partial charge in [0.05, 0.1) is 20.3 Å². The maximum Gasteiger partial charge on any atom is 0.258 e. The van der Waals surface area contributed by atoms with E-state index >= 15 is 0 Å². The Balaban J connectivity index is 1.78. The number of carbonyl (C=O) groups is 1. The molecule has 5 heteroatoms. The number of methoxy groups -OCH3 is 2. The Hall–Kier alpha value is -2.53. The van der Waals surface area contributed by atoms with E-state index in [1.807, 2.05) is 12.1 Å². The van der Waals surface area contributed by atoms with Crippen LogP contribution < -0.4 is 14.8 Å². The molecule has 0 radical (unpaired) electrons. The van der Waals surface area contributed by atoms with Gasteiger partial charge in [0.25, 0.3) is 5.91 Å². The van der Waals surface area contributed by atoms with Crippen molar-refractivity contribution in [3.8, 4) is 11.5 Å². The molecule has 1 N–H and O–H groups in total. The van der Waals surface area contributed by atoms with Crippen LogP contribution in [-0.4, -0.2) is 44.7 Å². The summed E-state index contributed by atoms with van der Waals surface area (Å²) in [5, 5.41) is 3.10. The number of hydrogen-bond donors (Lipinski definition) is 1. The summed E-state index contributed by atoms with van der Waals surface area (Å²) in [6, 6.07) is 15.9. The number of amides is 1. The molecule has 1 fully saturated rings. The summed E-state index contributed by atoms with van der Waals surface area (Å²) in [5.74, 6) is 0.851. The number of hydrogen-bond acceptors (Lipinski definition) is 4. The molecule has 0 aliphatic carbocycles. The molecule has 1 heterocycles. The van der Waals surface area contributed by atoms with Crippen LogP contribution in [-0.2, 0) is 0 Å². The fraction of sp³-hybridized carbons (Fsp3) is 0.409. The quantitative estimate of drug-likeness (QED) is 0.810. The highest BCUT2D eigenvalue weighted by Gasteiger charge is 2.24. The van der Waals surface area contributed by atoms with Gasteiger partial charge in [0.15, 0.2) is 0 Å². The Morgan fingerprint density at radius 3 is 2.19 bits per heavy atom. The first kappa shape index (κ1) is 19.2. The van der Waals surface area contributed by atoms with Crippen LogP contribution in [0.5, 0.6) is 11.5 Å². The van der Waals surface area contributed by atoms with Crippen molar-refractivity contribution in [1.29, 1.82) is 0 Å². The number of nitrogens with zero attached hydrogens (tertiary/aromatic N) is 1. The fourth-order valence-electron chi connectivity index (χ4n) is 3.72. The van der Waals surface area contributed by atoms with Crippen molar-refractivity contribution in [2.45, 2.75) is 25.3 Å². The third-order valence-corrected chi connectivity index (χ3v) is 5.13. The van der Waals surface area contributed by atoms with Gasteiger partial charge in [-0.2, -0.15) is 0 Å². The Morgan fingerprint density at radius 1 is 0.963 bits per heavy atom. The third kappa shape index (κ3) is 4.61. The highest BCUT2D eigenvalue weighted by Crippen LogP contribution is 2.29. The fourth-order valence-corrected chi connectivity index (χ4v) is 3.72. The molecule has 5 nitrogen and oxygen atoms in total. The van der Waals surface area contributed by atoms with Gasteiger partial charge in [-0.15, -0.1) is 0 Å². The summed E-state index contributed by atoms with van der Waals surface area (Å²) in [5.41, 5.74) is 1.67. The van der Waals surface area contributed by atoms with Gasteiger partial charge in [0, 0.05) is 6.54 Å². The van der Waals surface area contributed by atoms with Gasteiger partial charge in [0.2, 0.25) is 0 Å². The van der Waals surface area contributed by atoms with Gasteiger partial charge in [0.1, 0.15) is 17.1 Å². The van der Waals surface area contributed by atoms with E-state index < -0.39 is 0 Å². The largest absolute Gasteiger partial charge is 0.496 e. The summed E-state index contributed by atoms with van der Waals surface area (Å²) in [6.45, 7) is 2.67. The molecule has 2 aromatic carbocycles. The Kier molecular flexibility index (Phi) is 6.71. The SMILES string of the molecule is COc1cccc(OC)c1C(=O)NCC(c1ccccc1)N1CCCCC1. The highest BCUT2D eigenvalue weighted by atomic mass is 16.5. The van der Waals surface area contributed by atoms with Gasteiger partial charge >= 0.3 is 0 Å². The number of likely N-dealkylation sites (tertiary alicyclic amines) is 1. The molecule has 0 aromatic heterocycles. The second-order valence-electron chi connectivity index (χ2n) is 6.77. The van der Waals surface area contributed by atoms with Crippen LogP contribution in [0.3, 0.4) is 0 Å². The van der Waals surface area contributed by atoms with E-state index in [4.69, 9.17) is 9.47 Å². The molecule has 0 spiro atoms. The number of benzene rings is 2. The molecule has 1 unspecified atom stereocenters. The standard InChI is InChI=1S/C22H28N2O3/c1-26-19-12-9-13-20(27-2)21(19)22(25)23-16-18(17-10-5-3-6-11-17)24-14-7-4-8-15-24/h3,5-6,9-13,18H,4,7-8,14-16H2,1-2H3,(H,23,25). The second kappa shape index (κ2) is 9.42. The lowest BCUT2D eigenvalue weighted by atomic mass is 10.0. The smallest absolute Gasteiger partial charge is 0.258 e. The van der Waals surface area contributed by atoms with Crippen molar-refractivity contribution >= 4 is 5.91 Å². The first-order valence-electron chi connectivity index (χ1n) is 9.52. The predicted octanol–water partition coefficient (Wildman–Crippen LogP) is 3.66. The average molecular weight is 368 g/mol. The molecule has 1 amide bonds. The van der Waals surface area contributed by atoms with Crippen molar-refractivity contribution < 1.29 is 14.3 Å². The molecule has 3 rings (SSSR count). The van der Waals surface area contributed by atoms with Gasteiger partial charge in [-0.1, -0.05) is 42.8 Å². The Morgan fingerprint density at radius 2 is 1.59 bits per heavy atom. The van der Waals surface area contributed by atoms with Crippen molar-refractivity contribution in [3.63, 3.8) is 0 Å². The molecule has 27 heavy (non-hydrogen) atoms. The molecule has 1 atom stereocenters. The van der Waals surface area contributed by atoms with Gasteiger partial charge in [-0.05, 0) is 43.6 Å². The Labute approximate surface area is 161 Å². The molecule has 1 aliphatic heterocycles. The van der Waals surface area contributed by atoms with E-state index in [-0.39, 0.29) is 11.9 Å². The van der Waals surface area contributed by atoms with Gasteiger partial charge in [-0.3, -0.25) is 9.69 Å². The van der Waals surface area contributed by atoms with Crippen LogP contribution in [0, 0.1) is 0 Å². The van der Waals surface area contributed by atoms with E-state index in [1.54, 1.807) is 26.4 Å². The first-order chi connectivity index (χ1) is 13.2. The second-order valence-corrected chi connectivity index (χ2v) is 6.77. The zero-order valence-electron chi connectivity index (χ0n) is 16.1. The van der Waals surface area contributed by atoms with Crippen molar-refractivity contribution in [2.24, 2.45) is 0 Å². The highest BCUT2D eigenvalue weighted by molar-refractivity contribution is 5.99. The van der Waals surface area contributed by atoms with Crippen LogP contribution in [0.25, 0.3) is 0 Å². The van der Waals surface area contributed by atoms with Gasteiger partial charge < -0.3 is 14.8 Å². The molecule has 2 aromatic rings. The average Bonchev–Trinajstić information content (AvgIpc) is 2.74. The third-order valence-electron chi connectivity index (χ3n) is 5.13. The number of rotatable bonds is 7. The van der Waals surface area contributed by atoms with Crippen LogP contribution in [0.1, 0.15) is 41.2 Å². The summed E-state index contributed by atoms with van der Waals surface area (Å²) in [6.07, 6.45) is 3.69. The van der Waals surface area contributed by atoms with E-state index in [0.717, 1.165) is 13.1 Å². The van der Waals surface area contributed by atoms with E-state index in [9.17, 15) is 4.79 Å². The zero-order chi connectivity index (χ0) is 19.1. The van der Waals surface area contributed by atoms with Crippen molar-refractivity contribution in [2.75, 3.05) is 33.9 Å². The first-order valence-corrected chi connectivity index (χ1v) is 9.52. The maximum absolute atomic E-state index is 12.9. The molecule has 1 saturated heterocycles. The lowest BCUT2D eigenvalue weighted by Gasteiger charge is -2.35. The van der Waals surface area contributed by atoms with E-state index in [1.165, 1.54) is 24.8 Å². The van der Waals surface area contributed by atoms with Gasteiger partial charge in [-0.25, -0.2) is 0 Å². The summed E-state index contributed by atoms with van der Waals surface area (Å²) >= 11 is 0. The number of ether oxygens (including phenoxy) is 2. The minimum Gasteiger partial charge on any atom is -0.496 e. The molecule has 144 valence electrons. The summed E-state index contributed by atoms with van der Waals surface area (Å²) < 4.78 is 10.7. The number of carbonyl (C=O) groups excluding carboxylic acids is 1. The number of nitrogens with one attached hydrogen (secondary N) is 1. The van der Waals surface area contributed by atoms with Crippen molar-refractivity contribution in [1.82, 2.24) is 10.2 Å². The minimum absolute atomic E-state index is 0.163.